The lowest BCUT2D eigenvalue weighted by atomic mass is 9.97. The summed E-state index contributed by atoms with van der Waals surface area (Å²) in [5.74, 6) is 1.64. The van der Waals surface area contributed by atoms with E-state index < -0.39 is 0 Å². The normalized spacial score (nSPS) is 11.9. The number of hydrogen-bond donors (Lipinski definition) is 0. The van der Waals surface area contributed by atoms with Crippen molar-refractivity contribution in [2.75, 3.05) is 0 Å². The van der Waals surface area contributed by atoms with Crippen LogP contribution in [0.4, 0.5) is 0 Å². The first-order chi connectivity index (χ1) is 28.3. The summed E-state index contributed by atoms with van der Waals surface area (Å²) in [5, 5.41) is 6.52. The van der Waals surface area contributed by atoms with Crippen LogP contribution in [0.15, 0.2) is 185 Å². The molecule has 0 radical (unpaired) electrons. The van der Waals surface area contributed by atoms with Gasteiger partial charge in [0.1, 0.15) is 16.7 Å². The third kappa shape index (κ3) is 4.86. The first kappa shape index (κ1) is 31.5. The molecule has 0 saturated carbocycles. The van der Waals surface area contributed by atoms with Gasteiger partial charge in [-0.05, 0) is 54.1 Å². The van der Waals surface area contributed by atoms with Crippen LogP contribution in [0.2, 0.25) is 0 Å². The molecule has 0 aliphatic carbocycles. The fourth-order valence-corrected chi connectivity index (χ4v) is 8.43. The van der Waals surface area contributed by atoms with Crippen LogP contribution >= 0.6 is 0 Å². The highest BCUT2D eigenvalue weighted by Crippen LogP contribution is 2.41. The van der Waals surface area contributed by atoms with Gasteiger partial charge >= 0.3 is 0 Å². The van der Waals surface area contributed by atoms with Crippen LogP contribution in [0.5, 0.6) is 0 Å². The Morgan fingerprint density at radius 1 is 0.386 bits per heavy atom. The van der Waals surface area contributed by atoms with Gasteiger partial charge in [0.2, 0.25) is 0 Å². The van der Waals surface area contributed by atoms with Gasteiger partial charge in [-0.2, -0.15) is 0 Å². The van der Waals surface area contributed by atoms with Gasteiger partial charge in [0, 0.05) is 60.8 Å². The van der Waals surface area contributed by atoms with E-state index in [0.29, 0.717) is 17.5 Å². The molecule has 5 heterocycles. The predicted molar refractivity (Wildman–Crippen MR) is 228 cm³/mol. The van der Waals surface area contributed by atoms with Crippen molar-refractivity contribution in [1.29, 1.82) is 0 Å². The predicted octanol–water partition coefficient (Wildman–Crippen LogP) is 12.8. The van der Waals surface area contributed by atoms with Crippen molar-refractivity contribution in [2.45, 2.75) is 0 Å². The Hall–Kier alpha value is -7.90. The first-order valence-electron chi connectivity index (χ1n) is 18.9. The number of hydrogen-bond acceptors (Lipinski definition) is 6. The van der Waals surface area contributed by atoms with Crippen molar-refractivity contribution >= 4 is 65.7 Å². The first-order valence-corrected chi connectivity index (χ1v) is 18.9. The maximum atomic E-state index is 6.48. The molecule has 0 N–H and O–H groups in total. The highest BCUT2D eigenvalue weighted by molar-refractivity contribution is 6.11. The van der Waals surface area contributed by atoms with Crippen LogP contribution in [-0.4, -0.2) is 24.5 Å². The third-order valence-electron chi connectivity index (χ3n) is 11.0. The molecule has 57 heavy (non-hydrogen) atoms. The van der Waals surface area contributed by atoms with Crippen LogP contribution in [0.25, 0.3) is 117 Å². The van der Waals surface area contributed by atoms with E-state index >= 15 is 0 Å². The summed E-state index contributed by atoms with van der Waals surface area (Å²) in [4.78, 5) is 20.2. The number of rotatable bonds is 5. The van der Waals surface area contributed by atoms with E-state index in [2.05, 4.69) is 125 Å². The summed E-state index contributed by atoms with van der Waals surface area (Å²) in [6.07, 6.45) is 3.56. The lowest BCUT2D eigenvalue weighted by Crippen LogP contribution is -2.04. The average Bonchev–Trinajstić information content (AvgIpc) is 3.96. The molecule has 0 fully saturated rings. The zero-order valence-corrected chi connectivity index (χ0v) is 30.3. The molecule has 7 aromatic carbocycles. The summed E-state index contributed by atoms with van der Waals surface area (Å²) in [6.45, 7) is 0. The molecule has 266 valence electrons. The molecule has 0 amide bonds. The fourth-order valence-electron chi connectivity index (χ4n) is 8.43. The number of nitrogens with zero attached hydrogens (tertiary/aromatic N) is 5. The molecule has 7 nitrogen and oxygen atoms in total. The van der Waals surface area contributed by atoms with Crippen molar-refractivity contribution in [1.82, 2.24) is 24.5 Å². The SMILES string of the molecule is c1ccc(-c2cccc3c2oc2cnccc23)c(-c2nc(-c3ccc4c(c3)oc3ccccc34)nc(-c3ccccc3-n3c4ccccc4c4ccccc43)n2)c1. The third-order valence-corrected chi connectivity index (χ3v) is 11.0. The van der Waals surface area contributed by atoms with Crippen molar-refractivity contribution in [3.63, 3.8) is 0 Å². The van der Waals surface area contributed by atoms with Gasteiger partial charge in [-0.1, -0.05) is 115 Å². The van der Waals surface area contributed by atoms with Crippen molar-refractivity contribution in [3.8, 4) is 51.0 Å². The molecule has 0 atom stereocenters. The molecule has 0 spiro atoms. The molecule has 0 aliphatic rings. The van der Waals surface area contributed by atoms with E-state index in [9.17, 15) is 0 Å². The Morgan fingerprint density at radius 3 is 1.81 bits per heavy atom. The van der Waals surface area contributed by atoms with Gasteiger partial charge in [-0.15, -0.1) is 0 Å². The lowest BCUT2D eigenvalue weighted by molar-refractivity contribution is 0.668. The van der Waals surface area contributed by atoms with Gasteiger partial charge in [-0.25, -0.2) is 15.0 Å². The van der Waals surface area contributed by atoms with Crippen LogP contribution in [0, 0.1) is 0 Å². The Balaban J connectivity index is 1.12. The maximum absolute atomic E-state index is 6.48. The van der Waals surface area contributed by atoms with Gasteiger partial charge in [0.15, 0.2) is 23.1 Å². The van der Waals surface area contributed by atoms with E-state index in [1.165, 1.54) is 10.8 Å². The summed E-state index contributed by atoms with van der Waals surface area (Å²) in [7, 11) is 0. The number of benzene rings is 7. The van der Waals surface area contributed by atoms with E-state index in [-0.39, 0.29) is 0 Å². The standard InChI is InChI=1S/C50H29N5O2/c1-2-16-39(31(12-1)37-18-11-19-38-36-26-27-51-29-46(36)57-47(37)38)49-52-48(30-24-25-35-34-15-6-10-23-44(34)56-45(35)28-30)53-50(54-49)40-17-5-9-22-43(40)55-41-20-7-3-13-32(41)33-14-4-8-21-42(33)55/h1-29H. The topological polar surface area (TPSA) is 82.8 Å². The number of para-hydroxylation sites is 5. The van der Waals surface area contributed by atoms with Crippen molar-refractivity contribution in [2.24, 2.45) is 0 Å². The lowest BCUT2D eigenvalue weighted by Gasteiger charge is -2.15. The summed E-state index contributed by atoms with van der Waals surface area (Å²) >= 11 is 0. The minimum absolute atomic E-state index is 0.539. The number of furan rings is 2. The number of fused-ring (bicyclic) bond motifs is 9. The molecule has 0 saturated heterocycles. The molecule has 0 aliphatic heterocycles. The monoisotopic (exact) mass is 731 g/mol. The Morgan fingerprint density at radius 2 is 0.982 bits per heavy atom. The Labute approximate surface area is 325 Å². The maximum Gasteiger partial charge on any atom is 0.166 e. The van der Waals surface area contributed by atoms with Crippen molar-refractivity contribution in [3.05, 3.63) is 176 Å². The van der Waals surface area contributed by atoms with E-state index in [1.807, 2.05) is 48.5 Å². The molecule has 12 aromatic rings. The van der Waals surface area contributed by atoms with E-state index in [0.717, 1.165) is 88.4 Å². The van der Waals surface area contributed by atoms with Gasteiger partial charge in [0.25, 0.3) is 0 Å². The second-order valence-corrected chi connectivity index (χ2v) is 14.2. The average molecular weight is 732 g/mol. The minimum Gasteiger partial charge on any atom is -0.456 e. The Kier molecular flexibility index (Phi) is 6.79. The quantitative estimate of drug-likeness (QED) is 0.175. The molecule has 12 rings (SSSR count). The van der Waals surface area contributed by atoms with Gasteiger partial charge < -0.3 is 13.4 Å². The van der Waals surface area contributed by atoms with Crippen LogP contribution in [0.1, 0.15) is 0 Å². The zero-order valence-electron chi connectivity index (χ0n) is 30.3. The highest BCUT2D eigenvalue weighted by Gasteiger charge is 2.22. The van der Waals surface area contributed by atoms with Gasteiger partial charge in [0.05, 0.1) is 22.9 Å². The highest BCUT2D eigenvalue weighted by atomic mass is 16.3. The largest absolute Gasteiger partial charge is 0.456 e. The molecule has 0 unspecified atom stereocenters. The molecule has 7 heteroatoms. The number of pyridine rings is 1. The molecular weight excluding hydrogens is 703 g/mol. The fraction of sp³-hybridized carbons (Fsp3) is 0. The van der Waals surface area contributed by atoms with Crippen LogP contribution in [-0.2, 0) is 0 Å². The minimum atomic E-state index is 0.539. The van der Waals surface area contributed by atoms with Crippen LogP contribution in [0.3, 0.4) is 0 Å². The molecular formula is C50H29N5O2. The van der Waals surface area contributed by atoms with Gasteiger partial charge in [-0.3, -0.25) is 4.98 Å². The van der Waals surface area contributed by atoms with E-state index in [1.54, 1.807) is 12.4 Å². The summed E-state index contributed by atoms with van der Waals surface area (Å²) in [6, 6.07) is 56.2. The molecule has 5 aromatic heterocycles. The number of aromatic nitrogens is 5. The second kappa shape index (κ2) is 12.3. The zero-order chi connectivity index (χ0) is 37.5. The smallest absolute Gasteiger partial charge is 0.166 e. The summed E-state index contributed by atoms with van der Waals surface area (Å²) < 4.78 is 15.1. The summed E-state index contributed by atoms with van der Waals surface area (Å²) in [5.41, 5.74) is 10.8. The van der Waals surface area contributed by atoms with Crippen molar-refractivity contribution < 1.29 is 8.83 Å². The Bertz CT molecular complexity index is 3500. The second-order valence-electron chi connectivity index (χ2n) is 14.2. The van der Waals surface area contributed by atoms with E-state index in [4.69, 9.17) is 23.8 Å². The van der Waals surface area contributed by atoms with Crippen LogP contribution < -0.4 is 0 Å². The molecule has 0 bridgehead atoms.